The zero-order chi connectivity index (χ0) is 20.1. The third kappa shape index (κ3) is 3.23. The largest absolute Gasteiger partial charge is 0.501 e. The molecule has 1 N–H and O–H groups in total. The molecule has 0 saturated heterocycles. The van der Waals surface area contributed by atoms with Gasteiger partial charge in [-0.2, -0.15) is 4.98 Å². The molecular formula is C22H24ClN3O3. The number of aromatic hydroxyl groups is 1. The van der Waals surface area contributed by atoms with Crippen molar-refractivity contribution in [1.82, 2.24) is 14.5 Å². The van der Waals surface area contributed by atoms with E-state index in [0.717, 1.165) is 44.1 Å². The van der Waals surface area contributed by atoms with Crippen LogP contribution in [-0.2, 0) is 6.54 Å². The maximum Gasteiger partial charge on any atom is 0.315 e. The molecule has 7 heteroatoms. The maximum absolute atomic E-state index is 13.1. The zero-order valence-corrected chi connectivity index (χ0v) is 16.9. The van der Waals surface area contributed by atoms with Gasteiger partial charge in [0.2, 0.25) is 5.75 Å². The quantitative estimate of drug-likeness (QED) is 0.831. The average molecular weight is 414 g/mol. The van der Waals surface area contributed by atoms with Gasteiger partial charge in [-0.1, -0.05) is 36.6 Å². The number of hydrogen-bond donors (Lipinski definition) is 1. The Morgan fingerprint density at radius 1 is 1.03 bits per heavy atom. The van der Waals surface area contributed by atoms with E-state index in [4.69, 9.17) is 11.6 Å². The first-order chi connectivity index (χ1) is 14.0. The number of aromatic nitrogens is 2. The van der Waals surface area contributed by atoms with Crippen molar-refractivity contribution in [3.8, 4) is 5.75 Å². The first-order valence-corrected chi connectivity index (χ1v) is 10.8. The van der Waals surface area contributed by atoms with Gasteiger partial charge in [0.15, 0.2) is 5.69 Å². The molecule has 29 heavy (non-hydrogen) atoms. The molecule has 5 rings (SSSR count). The van der Waals surface area contributed by atoms with Crippen molar-refractivity contribution in [2.45, 2.75) is 57.0 Å². The molecule has 1 aromatic carbocycles. The summed E-state index contributed by atoms with van der Waals surface area (Å²) in [6, 6.07) is 7.92. The van der Waals surface area contributed by atoms with Crippen LogP contribution < -0.4 is 5.56 Å². The fourth-order valence-electron chi connectivity index (χ4n) is 5.01. The Balaban J connectivity index is 1.67. The molecular weight excluding hydrogens is 390 g/mol. The van der Waals surface area contributed by atoms with Gasteiger partial charge in [0.25, 0.3) is 5.91 Å². The zero-order valence-electron chi connectivity index (χ0n) is 16.2. The Labute approximate surface area is 174 Å². The van der Waals surface area contributed by atoms with Gasteiger partial charge in [0, 0.05) is 30.1 Å². The minimum atomic E-state index is -0.714. The van der Waals surface area contributed by atoms with E-state index in [1.807, 2.05) is 24.3 Å². The van der Waals surface area contributed by atoms with Crippen molar-refractivity contribution in [3.63, 3.8) is 0 Å². The van der Waals surface area contributed by atoms with Crippen LogP contribution in [0.1, 0.15) is 66.3 Å². The van der Waals surface area contributed by atoms with E-state index in [0.29, 0.717) is 29.9 Å². The summed E-state index contributed by atoms with van der Waals surface area (Å²) < 4.78 is 1.80. The summed E-state index contributed by atoms with van der Waals surface area (Å²) in [6.45, 7) is 1.13. The fraction of sp³-hybridized carbons (Fsp3) is 0.500. The van der Waals surface area contributed by atoms with Crippen LogP contribution in [0.5, 0.6) is 5.75 Å². The number of amides is 1. The highest BCUT2D eigenvalue weighted by Gasteiger charge is 2.41. The smallest absolute Gasteiger partial charge is 0.315 e. The summed E-state index contributed by atoms with van der Waals surface area (Å²) in [4.78, 5) is 31.8. The highest BCUT2D eigenvalue weighted by atomic mass is 35.5. The van der Waals surface area contributed by atoms with Crippen LogP contribution in [0.25, 0.3) is 0 Å². The summed E-state index contributed by atoms with van der Waals surface area (Å²) >= 11 is 6.10. The normalized spacial score (nSPS) is 20.7. The molecule has 1 atom stereocenters. The summed E-state index contributed by atoms with van der Waals surface area (Å²) in [6.07, 6.45) is 6.40. The molecule has 0 spiro atoms. The minimum absolute atomic E-state index is 0.0953. The van der Waals surface area contributed by atoms with E-state index in [-0.39, 0.29) is 23.6 Å². The molecule has 6 nitrogen and oxygen atoms in total. The Hall–Kier alpha value is -2.34. The van der Waals surface area contributed by atoms with Gasteiger partial charge in [-0.25, -0.2) is 0 Å². The summed E-state index contributed by atoms with van der Waals surface area (Å²) in [7, 11) is 0. The summed E-state index contributed by atoms with van der Waals surface area (Å²) in [5.41, 5.74) is 0.440. The van der Waals surface area contributed by atoms with Crippen molar-refractivity contribution in [1.29, 1.82) is 0 Å². The number of hydrogen-bond acceptors (Lipinski definition) is 4. The Bertz CT molecular complexity index is 1010. The number of halogens is 1. The van der Waals surface area contributed by atoms with Crippen LogP contribution in [0, 0.1) is 5.92 Å². The number of nitrogens with zero attached hydrogens (tertiary/aromatic N) is 3. The molecule has 2 aromatic rings. The predicted molar refractivity (Wildman–Crippen MR) is 109 cm³/mol. The Morgan fingerprint density at radius 3 is 2.38 bits per heavy atom. The van der Waals surface area contributed by atoms with Crippen molar-refractivity contribution >= 4 is 17.5 Å². The monoisotopic (exact) mass is 413 g/mol. The summed E-state index contributed by atoms with van der Waals surface area (Å²) in [5, 5.41) is 11.1. The van der Waals surface area contributed by atoms with E-state index in [2.05, 4.69) is 4.98 Å². The first-order valence-electron chi connectivity index (χ1n) is 10.4. The van der Waals surface area contributed by atoms with Gasteiger partial charge >= 0.3 is 5.56 Å². The Kier molecular flexibility index (Phi) is 4.62. The van der Waals surface area contributed by atoms with Crippen LogP contribution in [-0.4, -0.2) is 38.1 Å². The third-order valence-electron chi connectivity index (χ3n) is 6.58. The van der Waals surface area contributed by atoms with Crippen molar-refractivity contribution in [2.24, 2.45) is 5.92 Å². The van der Waals surface area contributed by atoms with Crippen LogP contribution in [0.3, 0.4) is 0 Å². The lowest BCUT2D eigenvalue weighted by atomic mass is 9.83. The number of fused-ring (bicyclic) bond motifs is 1. The van der Waals surface area contributed by atoms with Crippen molar-refractivity contribution in [2.75, 3.05) is 6.54 Å². The summed E-state index contributed by atoms with van der Waals surface area (Å²) in [5.74, 6) is 0.0762. The van der Waals surface area contributed by atoms with Gasteiger partial charge < -0.3 is 14.6 Å². The van der Waals surface area contributed by atoms with Gasteiger partial charge in [0.1, 0.15) is 5.82 Å². The van der Waals surface area contributed by atoms with Crippen LogP contribution in [0.15, 0.2) is 29.1 Å². The topological polar surface area (TPSA) is 75.4 Å². The second-order valence-electron chi connectivity index (χ2n) is 8.43. The lowest BCUT2D eigenvalue weighted by Gasteiger charge is -2.34. The van der Waals surface area contributed by atoms with E-state index in [1.165, 1.54) is 0 Å². The molecule has 0 bridgehead atoms. The molecule has 1 amide bonds. The van der Waals surface area contributed by atoms with Crippen LogP contribution >= 0.6 is 11.6 Å². The lowest BCUT2D eigenvalue weighted by Crippen LogP contribution is -2.44. The SMILES string of the molecule is O=C1c2c(O)c(=O)nc(C(c3ccc(Cl)cc3)C3CCCC3)n2CCN1C1CC1. The second-order valence-corrected chi connectivity index (χ2v) is 8.86. The average Bonchev–Trinajstić information content (AvgIpc) is 3.41. The maximum atomic E-state index is 13.1. The number of carbonyl (C=O) groups excluding carboxylic acids is 1. The van der Waals surface area contributed by atoms with E-state index < -0.39 is 11.3 Å². The van der Waals surface area contributed by atoms with E-state index >= 15 is 0 Å². The second kappa shape index (κ2) is 7.17. The first kappa shape index (κ1) is 18.7. The van der Waals surface area contributed by atoms with Crippen molar-refractivity contribution < 1.29 is 9.90 Å². The van der Waals surface area contributed by atoms with Gasteiger partial charge in [-0.05, 0) is 49.3 Å². The highest BCUT2D eigenvalue weighted by Crippen LogP contribution is 2.42. The number of rotatable bonds is 4. The Morgan fingerprint density at radius 2 is 1.72 bits per heavy atom. The van der Waals surface area contributed by atoms with Gasteiger partial charge in [-0.15, -0.1) is 0 Å². The lowest BCUT2D eigenvalue weighted by molar-refractivity contribution is 0.0678. The van der Waals surface area contributed by atoms with Crippen molar-refractivity contribution in [3.05, 3.63) is 56.7 Å². The molecule has 1 unspecified atom stereocenters. The minimum Gasteiger partial charge on any atom is -0.501 e. The van der Waals surface area contributed by atoms with Crippen LogP contribution in [0.4, 0.5) is 0 Å². The number of carbonyl (C=O) groups is 1. The highest BCUT2D eigenvalue weighted by molar-refractivity contribution is 6.30. The van der Waals surface area contributed by atoms with Gasteiger partial charge in [-0.3, -0.25) is 9.59 Å². The predicted octanol–water partition coefficient (Wildman–Crippen LogP) is 3.54. The molecule has 2 fully saturated rings. The van der Waals surface area contributed by atoms with Crippen LogP contribution in [0.2, 0.25) is 5.02 Å². The molecule has 0 radical (unpaired) electrons. The molecule has 1 aromatic heterocycles. The van der Waals surface area contributed by atoms with E-state index in [9.17, 15) is 14.7 Å². The molecule has 3 aliphatic rings. The molecule has 2 saturated carbocycles. The molecule has 2 heterocycles. The number of benzene rings is 1. The van der Waals surface area contributed by atoms with E-state index in [1.54, 1.807) is 9.47 Å². The van der Waals surface area contributed by atoms with Gasteiger partial charge in [0.05, 0.1) is 0 Å². The molecule has 1 aliphatic heterocycles. The standard InChI is InChI=1S/C22H24ClN3O3/c23-15-7-5-14(6-8-15)17(13-3-1-2-4-13)20-24-21(28)19(27)18-22(29)25(16-9-10-16)11-12-26(18)20/h5-8,13,16-17,27H,1-4,9-12H2. The third-order valence-corrected chi connectivity index (χ3v) is 6.84. The molecule has 2 aliphatic carbocycles. The fourth-order valence-corrected chi connectivity index (χ4v) is 5.14. The molecule has 152 valence electrons.